The predicted octanol–water partition coefficient (Wildman–Crippen LogP) is 4.46. The maximum Gasteiger partial charge on any atom is 0.258 e. The van der Waals surface area contributed by atoms with E-state index in [2.05, 4.69) is 20.9 Å². The van der Waals surface area contributed by atoms with Crippen LogP contribution in [-0.2, 0) is 22.7 Å². The normalized spacial score (nSPS) is 14.0. The van der Waals surface area contributed by atoms with Gasteiger partial charge in [-0.2, -0.15) is 0 Å². The number of nitrogens with one attached hydrogen (secondary N) is 3. The summed E-state index contributed by atoms with van der Waals surface area (Å²) >= 11 is 0. The van der Waals surface area contributed by atoms with Crippen LogP contribution < -0.4 is 16.0 Å². The smallest absolute Gasteiger partial charge is 0.258 e. The monoisotopic (exact) mass is 458 g/mol. The summed E-state index contributed by atoms with van der Waals surface area (Å²) in [5.74, 6) is -0.839. The van der Waals surface area contributed by atoms with E-state index in [1.165, 1.54) is 24.6 Å². The number of rotatable bonds is 7. The van der Waals surface area contributed by atoms with Crippen molar-refractivity contribution >= 4 is 34.5 Å². The minimum Gasteiger partial charge on any atom is -0.354 e. The molecule has 34 heavy (non-hydrogen) atoms. The summed E-state index contributed by atoms with van der Waals surface area (Å²) in [4.78, 5) is 26.5. The molecule has 0 radical (unpaired) electrons. The molecular weight excluding hydrogens is 431 g/mol. The topological polar surface area (TPSA) is 73.5 Å². The van der Waals surface area contributed by atoms with Gasteiger partial charge in [-0.25, -0.2) is 4.39 Å². The summed E-state index contributed by atoms with van der Waals surface area (Å²) in [7, 11) is 4.03. The maximum absolute atomic E-state index is 13.8. The summed E-state index contributed by atoms with van der Waals surface area (Å²) in [5, 5.41) is 8.99. The molecule has 0 aliphatic carbocycles. The van der Waals surface area contributed by atoms with Crippen LogP contribution in [0.2, 0.25) is 0 Å². The summed E-state index contributed by atoms with van der Waals surface area (Å²) in [6, 6.07) is 19.9. The fourth-order valence-electron chi connectivity index (χ4n) is 3.94. The molecule has 1 heterocycles. The summed E-state index contributed by atoms with van der Waals surface area (Å²) in [5.41, 5.74) is 5.77. The van der Waals surface area contributed by atoms with Gasteiger partial charge in [-0.15, -0.1) is 0 Å². The van der Waals surface area contributed by atoms with E-state index in [4.69, 9.17) is 0 Å². The Morgan fingerprint density at radius 1 is 1.00 bits per heavy atom. The molecule has 3 aromatic carbocycles. The largest absolute Gasteiger partial charge is 0.354 e. The number of benzene rings is 3. The number of carbonyl (C=O) groups is 2. The Balaban J connectivity index is 1.78. The van der Waals surface area contributed by atoms with Gasteiger partial charge in [-0.05, 0) is 67.2 Å². The highest BCUT2D eigenvalue weighted by atomic mass is 19.1. The van der Waals surface area contributed by atoms with Crippen LogP contribution in [0.25, 0.3) is 11.3 Å². The molecule has 0 unspecified atom stereocenters. The van der Waals surface area contributed by atoms with Gasteiger partial charge < -0.3 is 20.9 Å². The second-order valence-electron chi connectivity index (χ2n) is 8.56. The van der Waals surface area contributed by atoms with Crippen molar-refractivity contribution in [1.82, 2.24) is 10.2 Å². The molecule has 174 valence electrons. The van der Waals surface area contributed by atoms with Crippen LogP contribution >= 0.6 is 0 Å². The van der Waals surface area contributed by atoms with Crippen molar-refractivity contribution in [2.75, 3.05) is 24.7 Å². The van der Waals surface area contributed by atoms with Gasteiger partial charge in [0.1, 0.15) is 5.82 Å². The Hall–Kier alpha value is -3.97. The number of anilines is 2. The molecule has 0 fully saturated rings. The van der Waals surface area contributed by atoms with E-state index in [1.54, 1.807) is 6.07 Å². The average Bonchev–Trinajstić information content (AvgIpc) is 3.11. The highest BCUT2D eigenvalue weighted by Crippen LogP contribution is 2.38. The van der Waals surface area contributed by atoms with E-state index >= 15 is 0 Å². The van der Waals surface area contributed by atoms with Gasteiger partial charge in [-0.3, -0.25) is 9.59 Å². The van der Waals surface area contributed by atoms with Crippen molar-refractivity contribution in [2.45, 2.75) is 20.0 Å². The molecule has 0 saturated carbocycles. The molecule has 7 heteroatoms. The van der Waals surface area contributed by atoms with Gasteiger partial charge in [0, 0.05) is 31.3 Å². The van der Waals surface area contributed by atoms with Crippen LogP contribution in [0, 0.1) is 5.82 Å². The molecule has 3 aromatic rings. The van der Waals surface area contributed by atoms with Crippen LogP contribution in [-0.4, -0.2) is 30.8 Å². The SMILES string of the molecule is CC(=O)NCc1cccc(C(Nc2ccc(CN(C)C)cc2)=C2C(=O)Nc3cc(F)ccc32)c1. The number of carbonyl (C=O) groups excluding carboxylic acids is 2. The standard InChI is InChI=1S/C27H27FN4O2/c1-17(33)29-15-19-5-4-6-20(13-19)26(30-22-10-7-18(8-11-22)16-32(2)3)25-23-12-9-21(28)14-24(23)31-27(25)34/h4-14,30H,15-16H2,1-3H3,(H,29,33)(H,31,34). The summed E-state index contributed by atoms with van der Waals surface area (Å²) < 4.78 is 13.8. The first-order chi connectivity index (χ1) is 16.3. The molecule has 2 amide bonds. The fraction of sp³-hybridized carbons (Fsp3) is 0.185. The van der Waals surface area contributed by atoms with E-state index in [0.717, 1.165) is 23.4 Å². The first-order valence-corrected chi connectivity index (χ1v) is 11.0. The van der Waals surface area contributed by atoms with Gasteiger partial charge in [0.2, 0.25) is 5.91 Å². The molecule has 0 spiro atoms. The first kappa shape index (κ1) is 23.2. The number of nitrogens with zero attached hydrogens (tertiary/aromatic N) is 1. The highest BCUT2D eigenvalue weighted by molar-refractivity contribution is 6.37. The molecule has 4 rings (SSSR count). The van der Waals surface area contributed by atoms with E-state index in [1.807, 2.05) is 62.6 Å². The summed E-state index contributed by atoms with van der Waals surface area (Å²) in [6.45, 7) is 2.66. The molecule has 1 aliphatic heterocycles. The molecule has 0 saturated heterocycles. The Kier molecular flexibility index (Phi) is 6.75. The van der Waals surface area contributed by atoms with Crippen LogP contribution in [0.5, 0.6) is 0 Å². The van der Waals surface area contributed by atoms with Crippen LogP contribution in [0.15, 0.2) is 66.7 Å². The molecule has 0 atom stereocenters. The third-order valence-electron chi connectivity index (χ3n) is 5.46. The predicted molar refractivity (Wildman–Crippen MR) is 133 cm³/mol. The van der Waals surface area contributed by atoms with Crippen LogP contribution in [0.3, 0.4) is 0 Å². The van der Waals surface area contributed by atoms with Crippen molar-refractivity contribution in [3.8, 4) is 0 Å². The maximum atomic E-state index is 13.8. The molecule has 6 nitrogen and oxygen atoms in total. The van der Waals surface area contributed by atoms with Gasteiger partial charge in [0.15, 0.2) is 0 Å². The molecular formula is C27H27FN4O2. The molecule has 1 aliphatic rings. The third-order valence-corrected chi connectivity index (χ3v) is 5.46. The number of hydrogen-bond acceptors (Lipinski definition) is 4. The van der Waals surface area contributed by atoms with Gasteiger partial charge in [0.25, 0.3) is 5.91 Å². The molecule has 3 N–H and O–H groups in total. The zero-order valence-electron chi connectivity index (χ0n) is 19.4. The number of amides is 2. The number of halogens is 1. The van der Waals surface area contributed by atoms with Crippen LogP contribution in [0.1, 0.15) is 29.2 Å². The Morgan fingerprint density at radius 2 is 1.76 bits per heavy atom. The van der Waals surface area contributed by atoms with Crippen molar-refractivity contribution in [2.24, 2.45) is 0 Å². The number of fused-ring (bicyclic) bond motifs is 1. The van der Waals surface area contributed by atoms with Crippen molar-refractivity contribution in [3.05, 3.63) is 94.8 Å². The lowest BCUT2D eigenvalue weighted by Crippen LogP contribution is -2.19. The van der Waals surface area contributed by atoms with Crippen molar-refractivity contribution < 1.29 is 14.0 Å². The lowest BCUT2D eigenvalue weighted by molar-refractivity contribution is -0.119. The second kappa shape index (κ2) is 9.89. The second-order valence-corrected chi connectivity index (χ2v) is 8.56. The Bertz CT molecular complexity index is 1270. The fourth-order valence-corrected chi connectivity index (χ4v) is 3.94. The zero-order valence-corrected chi connectivity index (χ0v) is 19.4. The molecule has 0 bridgehead atoms. The Morgan fingerprint density at radius 3 is 2.47 bits per heavy atom. The number of hydrogen-bond donors (Lipinski definition) is 3. The lowest BCUT2D eigenvalue weighted by Gasteiger charge is -2.17. The third kappa shape index (κ3) is 5.32. The minimum absolute atomic E-state index is 0.119. The Labute approximate surface area is 198 Å². The van der Waals surface area contributed by atoms with E-state index in [-0.39, 0.29) is 11.8 Å². The van der Waals surface area contributed by atoms with Gasteiger partial charge in [-0.1, -0.05) is 30.3 Å². The van der Waals surface area contributed by atoms with E-state index in [0.29, 0.717) is 29.1 Å². The highest BCUT2D eigenvalue weighted by Gasteiger charge is 2.29. The van der Waals surface area contributed by atoms with Gasteiger partial charge >= 0.3 is 0 Å². The van der Waals surface area contributed by atoms with Crippen molar-refractivity contribution in [1.29, 1.82) is 0 Å². The van der Waals surface area contributed by atoms with Gasteiger partial charge in [0.05, 0.1) is 17.0 Å². The quantitative estimate of drug-likeness (QED) is 0.457. The summed E-state index contributed by atoms with van der Waals surface area (Å²) in [6.07, 6.45) is 0. The average molecular weight is 459 g/mol. The zero-order chi connectivity index (χ0) is 24.2. The van der Waals surface area contributed by atoms with Crippen molar-refractivity contribution in [3.63, 3.8) is 0 Å². The van der Waals surface area contributed by atoms with E-state index in [9.17, 15) is 14.0 Å². The first-order valence-electron chi connectivity index (χ1n) is 11.0. The molecule has 0 aromatic heterocycles. The van der Waals surface area contributed by atoms with E-state index < -0.39 is 5.82 Å². The minimum atomic E-state index is -0.413. The van der Waals surface area contributed by atoms with Crippen LogP contribution in [0.4, 0.5) is 15.8 Å². The lowest BCUT2D eigenvalue weighted by atomic mass is 9.98.